The van der Waals surface area contributed by atoms with Crippen LogP contribution < -0.4 is 15.2 Å². The molecular weight excluding hydrogens is 417 g/mol. The predicted octanol–water partition coefficient (Wildman–Crippen LogP) is 2.05. The van der Waals surface area contributed by atoms with Gasteiger partial charge in [-0.15, -0.1) is 0 Å². The van der Waals surface area contributed by atoms with Crippen LogP contribution in [0.3, 0.4) is 0 Å². The molecule has 0 saturated carbocycles. The smallest absolute Gasteiger partial charge is 0.343 e. The van der Waals surface area contributed by atoms with Crippen LogP contribution in [-0.4, -0.2) is 40.8 Å². The monoisotopic (exact) mass is 437 g/mol. The van der Waals surface area contributed by atoms with Gasteiger partial charge in [0.25, 0.3) is 5.56 Å². The maximum absolute atomic E-state index is 14.9. The first-order chi connectivity index (χ1) is 15.3. The molecule has 32 heavy (non-hydrogen) atoms. The molecule has 0 bridgehead atoms. The summed E-state index contributed by atoms with van der Waals surface area (Å²) < 4.78 is 27.3. The van der Waals surface area contributed by atoms with Gasteiger partial charge in [0.2, 0.25) is 0 Å². The number of hydrogen-bond acceptors (Lipinski definition) is 7. The van der Waals surface area contributed by atoms with E-state index in [0.717, 1.165) is 5.56 Å². The number of carbonyl (C=O) groups excluding carboxylic acids is 1. The molecular formula is C23H20FN3O5. The van der Waals surface area contributed by atoms with E-state index in [-0.39, 0.29) is 36.3 Å². The number of hydrogen-bond donors (Lipinski definition) is 1. The Kier molecular flexibility index (Phi) is 3.78. The Hall–Kier alpha value is -3.46. The zero-order valence-corrected chi connectivity index (χ0v) is 17.6. The third-order valence-corrected chi connectivity index (χ3v) is 6.75. The number of fused-ring (bicyclic) bond motifs is 7. The number of aliphatic hydroxyl groups is 1. The lowest BCUT2D eigenvalue weighted by Gasteiger charge is -2.31. The molecule has 0 unspecified atom stereocenters. The highest BCUT2D eigenvalue weighted by atomic mass is 19.1. The van der Waals surface area contributed by atoms with Gasteiger partial charge in [-0.2, -0.15) is 0 Å². The van der Waals surface area contributed by atoms with Crippen LogP contribution in [0.15, 0.2) is 23.0 Å². The van der Waals surface area contributed by atoms with Crippen LogP contribution in [0.5, 0.6) is 5.75 Å². The van der Waals surface area contributed by atoms with Gasteiger partial charge in [-0.05, 0) is 18.6 Å². The molecule has 9 heteroatoms. The van der Waals surface area contributed by atoms with E-state index in [2.05, 4.69) is 4.98 Å². The Balaban J connectivity index is 1.61. The maximum atomic E-state index is 14.9. The number of pyridine rings is 2. The molecule has 1 aromatic carbocycles. The van der Waals surface area contributed by atoms with Crippen LogP contribution in [0.2, 0.25) is 0 Å². The van der Waals surface area contributed by atoms with E-state index in [9.17, 15) is 19.1 Å². The number of aromatic nitrogens is 2. The molecule has 8 nitrogen and oxygen atoms in total. The summed E-state index contributed by atoms with van der Waals surface area (Å²) >= 11 is 0. The molecule has 0 amide bonds. The minimum Gasteiger partial charge on any atom is -0.489 e. The number of likely N-dealkylation sites (N-methyl/N-ethyl adjacent to an activating group) is 1. The van der Waals surface area contributed by atoms with Crippen molar-refractivity contribution in [2.24, 2.45) is 0 Å². The van der Waals surface area contributed by atoms with Crippen molar-refractivity contribution >= 4 is 22.6 Å². The van der Waals surface area contributed by atoms with Gasteiger partial charge in [0, 0.05) is 29.6 Å². The Morgan fingerprint density at radius 1 is 1.25 bits per heavy atom. The summed E-state index contributed by atoms with van der Waals surface area (Å²) in [5, 5.41) is 11.6. The van der Waals surface area contributed by atoms with E-state index < -0.39 is 17.4 Å². The van der Waals surface area contributed by atoms with E-state index in [1.165, 1.54) is 6.07 Å². The first-order valence-corrected chi connectivity index (χ1v) is 10.5. The number of benzene rings is 1. The van der Waals surface area contributed by atoms with E-state index in [0.29, 0.717) is 46.9 Å². The number of anilines is 1. The van der Waals surface area contributed by atoms with Gasteiger partial charge in [-0.1, -0.05) is 6.92 Å². The molecule has 6 rings (SSSR count). The summed E-state index contributed by atoms with van der Waals surface area (Å²) in [4.78, 5) is 32.0. The number of halogens is 1. The largest absolute Gasteiger partial charge is 0.489 e. The molecule has 0 fully saturated rings. The quantitative estimate of drug-likeness (QED) is 0.456. The first-order valence-electron chi connectivity index (χ1n) is 10.5. The third-order valence-electron chi connectivity index (χ3n) is 6.75. The number of carbonyl (C=O) groups is 1. The topological polar surface area (TPSA) is 93.9 Å². The fraction of sp³-hybridized carbons (Fsp3) is 0.348. The van der Waals surface area contributed by atoms with Crippen molar-refractivity contribution in [3.05, 3.63) is 51.1 Å². The van der Waals surface area contributed by atoms with E-state index >= 15 is 0 Å². The number of esters is 1. The van der Waals surface area contributed by atoms with Crippen molar-refractivity contribution in [2.45, 2.75) is 32.1 Å². The molecule has 0 saturated heterocycles. The lowest BCUT2D eigenvalue weighted by molar-refractivity contribution is -0.172. The molecule has 5 heterocycles. The highest BCUT2D eigenvalue weighted by Gasteiger charge is 2.45. The fourth-order valence-electron chi connectivity index (χ4n) is 4.95. The van der Waals surface area contributed by atoms with Gasteiger partial charge in [-0.3, -0.25) is 4.79 Å². The van der Waals surface area contributed by atoms with Gasteiger partial charge >= 0.3 is 5.97 Å². The van der Waals surface area contributed by atoms with Gasteiger partial charge < -0.3 is 24.0 Å². The average Bonchev–Trinajstić information content (AvgIpc) is 3.13. The van der Waals surface area contributed by atoms with Crippen LogP contribution in [0.25, 0.3) is 22.3 Å². The van der Waals surface area contributed by atoms with Crippen molar-refractivity contribution in [2.75, 3.05) is 25.1 Å². The highest BCUT2D eigenvalue weighted by Crippen LogP contribution is 2.43. The lowest BCUT2D eigenvalue weighted by atomic mass is 9.86. The summed E-state index contributed by atoms with van der Waals surface area (Å²) in [6.07, 6.45) is 0.0714. The van der Waals surface area contributed by atoms with Crippen molar-refractivity contribution in [3.63, 3.8) is 0 Å². The van der Waals surface area contributed by atoms with Crippen molar-refractivity contribution in [3.8, 4) is 17.1 Å². The Labute approximate surface area is 181 Å². The van der Waals surface area contributed by atoms with Crippen LogP contribution in [-0.2, 0) is 28.3 Å². The summed E-state index contributed by atoms with van der Waals surface area (Å²) in [6.45, 7) is 2.78. The molecule has 164 valence electrons. The molecule has 3 aromatic rings. The van der Waals surface area contributed by atoms with Crippen LogP contribution in [0.4, 0.5) is 10.1 Å². The molecule has 1 N–H and O–H groups in total. The Morgan fingerprint density at radius 2 is 2.06 bits per heavy atom. The minimum atomic E-state index is -1.88. The molecule has 0 spiro atoms. The molecule has 3 aliphatic heterocycles. The van der Waals surface area contributed by atoms with Gasteiger partial charge in [0.1, 0.15) is 18.9 Å². The SMILES string of the molecule is CC[C@@]1(O)C(=O)OCc2c1cc1n(c2=O)Cc2cc3c4c(c(F)cc3nc2-1)N(C)CCO4. The molecule has 3 aliphatic rings. The van der Waals surface area contributed by atoms with Crippen LogP contribution >= 0.6 is 0 Å². The second-order valence-corrected chi connectivity index (χ2v) is 8.47. The van der Waals surface area contributed by atoms with Crippen molar-refractivity contribution < 1.29 is 23.8 Å². The summed E-state index contributed by atoms with van der Waals surface area (Å²) in [5.74, 6) is -0.742. The standard InChI is InChI=1S/C23H20FN3O5/c1-3-23(30)14-7-17-18-11(9-27(17)21(28)13(14)10-32-22(23)29)6-12-16(25-18)8-15(24)19-20(12)31-5-4-26(19)2/h6-8,30H,3-5,9-10H2,1-2H3/t23-/m0/s1. The second kappa shape index (κ2) is 6.29. The number of nitrogens with zero attached hydrogens (tertiary/aromatic N) is 3. The van der Waals surface area contributed by atoms with E-state index in [4.69, 9.17) is 9.47 Å². The third kappa shape index (κ3) is 2.31. The molecule has 1 atom stereocenters. The van der Waals surface area contributed by atoms with Crippen molar-refractivity contribution in [1.29, 1.82) is 0 Å². The number of cyclic esters (lactones) is 1. The minimum absolute atomic E-state index is 0.0714. The van der Waals surface area contributed by atoms with Crippen LogP contribution in [0, 0.1) is 5.82 Å². The summed E-state index contributed by atoms with van der Waals surface area (Å²) in [7, 11) is 1.81. The van der Waals surface area contributed by atoms with Gasteiger partial charge in [-0.25, -0.2) is 14.2 Å². The predicted molar refractivity (Wildman–Crippen MR) is 113 cm³/mol. The van der Waals surface area contributed by atoms with Crippen LogP contribution in [0.1, 0.15) is 30.0 Å². The number of rotatable bonds is 1. The average molecular weight is 437 g/mol. The molecule has 0 aliphatic carbocycles. The lowest BCUT2D eigenvalue weighted by Crippen LogP contribution is -2.44. The number of ether oxygens (including phenoxy) is 2. The first kappa shape index (κ1) is 19.2. The zero-order valence-electron chi connectivity index (χ0n) is 17.6. The van der Waals surface area contributed by atoms with Gasteiger partial charge in [0.05, 0.1) is 35.6 Å². The summed E-state index contributed by atoms with van der Waals surface area (Å²) in [6, 6.07) is 4.90. The van der Waals surface area contributed by atoms with Gasteiger partial charge in [0.15, 0.2) is 17.2 Å². The Bertz CT molecular complexity index is 1420. The maximum Gasteiger partial charge on any atom is 0.343 e. The highest BCUT2D eigenvalue weighted by molar-refractivity contribution is 5.94. The van der Waals surface area contributed by atoms with Crippen molar-refractivity contribution in [1.82, 2.24) is 9.55 Å². The molecule has 2 aromatic heterocycles. The summed E-state index contributed by atoms with van der Waals surface area (Å²) in [5.41, 5.74) is 0.925. The molecule has 0 radical (unpaired) electrons. The van der Waals surface area contributed by atoms with E-state index in [1.807, 2.05) is 18.0 Å². The normalized spacial score (nSPS) is 20.9. The zero-order chi connectivity index (χ0) is 22.4. The Morgan fingerprint density at radius 3 is 2.84 bits per heavy atom. The fourth-order valence-corrected chi connectivity index (χ4v) is 4.95. The van der Waals surface area contributed by atoms with E-state index in [1.54, 1.807) is 17.6 Å². The second-order valence-electron chi connectivity index (χ2n) is 8.47.